The molecule has 1 amide bonds. The molecule has 0 aliphatic carbocycles. The molecule has 1 heterocycles. The molecule has 4 nitrogen and oxygen atoms in total. The molecule has 0 aliphatic heterocycles. The van der Waals surface area contributed by atoms with Gasteiger partial charge < -0.3 is 10.6 Å². The Morgan fingerprint density at radius 1 is 1.48 bits per heavy atom. The summed E-state index contributed by atoms with van der Waals surface area (Å²) in [5, 5.41) is 2.59. The van der Waals surface area contributed by atoms with Gasteiger partial charge in [-0.25, -0.2) is 4.98 Å². The van der Waals surface area contributed by atoms with Crippen LogP contribution in [0, 0.1) is 6.92 Å². The van der Waals surface area contributed by atoms with E-state index in [0.29, 0.717) is 18.8 Å². The van der Waals surface area contributed by atoms with Gasteiger partial charge in [0.15, 0.2) is 0 Å². The Hall–Kier alpha value is -1.72. The number of aromatic nitrogens is 1. The third kappa shape index (κ3) is 3.89. The molecule has 112 valence electrons. The van der Waals surface area contributed by atoms with Crippen LogP contribution in [0.4, 0.5) is 0 Å². The van der Waals surface area contributed by atoms with Crippen molar-refractivity contribution >= 4 is 17.2 Å². The Morgan fingerprint density at radius 2 is 2.24 bits per heavy atom. The first-order valence-corrected chi connectivity index (χ1v) is 7.95. The van der Waals surface area contributed by atoms with E-state index in [0.717, 1.165) is 10.6 Å². The van der Waals surface area contributed by atoms with Gasteiger partial charge in [0.1, 0.15) is 10.7 Å². The Bertz CT molecular complexity index is 621. The second-order valence-corrected chi connectivity index (χ2v) is 6.06. The van der Waals surface area contributed by atoms with Crippen molar-refractivity contribution in [3.8, 4) is 0 Å². The molecule has 2 rings (SSSR count). The summed E-state index contributed by atoms with van der Waals surface area (Å²) >= 11 is 1.44. The van der Waals surface area contributed by atoms with Crippen molar-refractivity contribution in [1.82, 2.24) is 9.88 Å². The van der Waals surface area contributed by atoms with E-state index < -0.39 is 0 Å². The van der Waals surface area contributed by atoms with Gasteiger partial charge in [0.2, 0.25) is 0 Å². The number of hydrogen-bond donors (Lipinski definition) is 1. The lowest BCUT2D eigenvalue weighted by molar-refractivity contribution is 0.0747. The summed E-state index contributed by atoms with van der Waals surface area (Å²) in [6.45, 7) is 7.15. The molecule has 0 bridgehead atoms. The van der Waals surface area contributed by atoms with Gasteiger partial charge in [-0.2, -0.15) is 0 Å². The molecule has 21 heavy (non-hydrogen) atoms. The van der Waals surface area contributed by atoms with Crippen LogP contribution < -0.4 is 5.73 Å². The molecule has 1 aromatic heterocycles. The number of amides is 1. The zero-order chi connectivity index (χ0) is 15.4. The van der Waals surface area contributed by atoms with Crippen LogP contribution >= 0.6 is 11.3 Å². The third-order valence-corrected chi connectivity index (χ3v) is 4.30. The van der Waals surface area contributed by atoms with Crippen molar-refractivity contribution in [3.05, 3.63) is 51.5 Å². The smallest absolute Gasteiger partial charge is 0.273 e. The summed E-state index contributed by atoms with van der Waals surface area (Å²) in [6, 6.07) is 8.07. The van der Waals surface area contributed by atoms with E-state index in [1.807, 2.05) is 26.0 Å². The third-order valence-electron chi connectivity index (χ3n) is 3.26. The summed E-state index contributed by atoms with van der Waals surface area (Å²) in [5.41, 5.74) is 8.62. The summed E-state index contributed by atoms with van der Waals surface area (Å²) < 4.78 is 0. The molecule has 0 saturated carbocycles. The first-order chi connectivity index (χ1) is 10.0. The molecule has 0 aliphatic rings. The number of carbonyl (C=O) groups excluding carboxylic acids is 1. The topological polar surface area (TPSA) is 59.2 Å². The van der Waals surface area contributed by atoms with E-state index in [1.165, 1.54) is 16.9 Å². The second kappa shape index (κ2) is 6.83. The van der Waals surface area contributed by atoms with E-state index in [9.17, 15) is 4.79 Å². The highest BCUT2D eigenvalue weighted by molar-refractivity contribution is 7.09. The maximum absolute atomic E-state index is 12.5. The number of aryl methyl sites for hydroxylation is 1. The van der Waals surface area contributed by atoms with Gasteiger partial charge in [-0.15, -0.1) is 11.3 Å². The van der Waals surface area contributed by atoms with Crippen LogP contribution in [-0.4, -0.2) is 22.3 Å². The van der Waals surface area contributed by atoms with Crippen molar-refractivity contribution in [3.63, 3.8) is 0 Å². The van der Waals surface area contributed by atoms with Crippen LogP contribution in [0.25, 0.3) is 0 Å². The lowest BCUT2D eigenvalue weighted by atomic mass is 10.1. The molecule has 1 unspecified atom stereocenters. The zero-order valence-electron chi connectivity index (χ0n) is 12.7. The predicted molar refractivity (Wildman–Crippen MR) is 86.3 cm³/mol. The maximum Gasteiger partial charge on any atom is 0.273 e. The molecular formula is C16H21N3OS. The molecule has 0 radical (unpaired) electrons. The summed E-state index contributed by atoms with van der Waals surface area (Å²) in [7, 11) is 0. The average molecular weight is 303 g/mol. The molecular weight excluding hydrogens is 282 g/mol. The van der Waals surface area contributed by atoms with Crippen LogP contribution in [-0.2, 0) is 6.54 Å². The van der Waals surface area contributed by atoms with Crippen molar-refractivity contribution in [2.45, 2.75) is 33.4 Å². The zero-order valence-corrected chi connectivity index (χ0v) is 13.5. The standard InChI is InChI=1S/C16H21N3OS/c1-4-19(9-13-7-5-6-11(2)8-13)16(20)14-10-21-15(18-14)12(3)17/h5-8,10,12H,4,9,17H2,1-3H3. The van der Waals surface area contributed by atoms with Crippen LogP contribution in [0.3, 0.4) is 0 Å². The lowest BCUT2D eigenvalue weighted by Crippen LogP contribution is -2.30. The Kier molecular flexibility index (Phi) is 5.09. The minimum Gasteiger partial charge on any atom is -0.333 e. The lowest BCUT2D eigenvalue weighted by Gasteiger charge is -2.20. The van der Waals surface area contributed by atoms with Crippen LogP contribution in [0.5, 0.6) is 0 Å². The molecule has 1 aromatic carbocycles. The normalized spacial score (nSPS) is 12.2. The van der Waals surface area contributed by atoms with E-state index in [-0.39, 0.29) is 11.9 Å². The quantitative estimate of drug-likeness (QED) is 0.923. The highest BCUT2D eigenvalue weighted by Gasteiger charge is 2.18. The monoisotopic (exact) mass is 303 g/mol. The molecule has 2 N–H and O–H groups in total. The fraction of sp³-hybridized carbons (Fsp3) is 0.375. The summed E-state index contributed by atoms with van der Waals surface area (Å²) in [4.78, 5) is 18.7. The first kappa shape index (κ1) is 15.7. The number of nitrogens with two attached hydrogens (primary N) is 1. The number of carbonyl (C=O) groups is 1. The van der Waals surface area contributed by atoms with Crippen molar-refractivity contribution in [2.75, 3.05) is 6.54 Å². The van der Waals surface area contributed by atoms with E-state index >= 15 is 0 Å². The molecule has 0 spiro atoms. The minimum absolute atomic E-state index is 0.0397. The SMILES string of the molecule is CCN(Cc1cccc(C)c1)C(=O)c1csc(C(C)N)n1. The molecule has 2 aromatic rings. The number of nitrogens with zero attached hydrogens (tertiary/aromatic N) is 2. The molecule has 0 fully saturated rings. The van der Waals surface area contributed by atoms with Gasteiger partial charge >= 0.3 is 0 Å². The number of rotatable bonds is 5. The van der Waals surface area contributed by atoms with Gasteiger partial charge in [-0.3, -0.25) is 4.79 Å². The van der Waals surface area contributed by atoms with Crippen molar-refractivity contribution in [2.24, 2.45) is 5.73 Å². The van der Waals surface area contributed by atoms with E-state index in [2.05, 4.69) is 24.0 Å². The fourth-order valence-corrected chi connectivity index (χ4v) is 2.87. The number of benzene rings is 1. The van der Waals surface area contributed by atoms with Crippen LogP contribution in [0.1, 0.15) is 46.5 Å². The maximum atomic E-state index is 12.5. The van der Waals surface area contributed by atoms with Crippen LogP contribution in [0.2, 0.25) is 0 Å². The van der Waals surface area contributed by atoms with Crippen molar-refractivity contribution in [1.29, 1.82) is 0 Å². The molecule has 0 saturated heterocycles. The minimum atomic E-state index is -0.136. The van der Waals surface area contributed by atoms with E-state index in [4.69, 9.17) is 5.73 Å². The van der Waals surface area contributed by atoms with Gasteiger partial charge in [0.05, 0.1) is 6.04 Å². The fourth-order valence-electron chi connectivity index (χ4n) is 2.12. The Morgan fingerprint density at radius 3 is 2.81 bits per heavy atom. The van der Waals surface area contributed by atoms with E-state index in [1.54, 1.807) is 10.3 Å². The largest absolute Gasteiger partial charge is 0.333 e. The Balaban J connectivity index is 2.14. The number of hydrogen-bond acceptors (Lipinski definition) is 4. The highest BCUT2D eigenvalue weighted by Crippen LogP contribution is 2.18. The first-order valence-electron chi connectivity index (χ1n) is 7.07. The van der Waals surface area contributed by atoms with Gasteiger partial charge in [-0.05, 0) is 26.3 Å². The second-order valence-electron chi connectivity index (χ2n) is 5.17. The van der Waals surface area contributed by atoms with Gasteiger partial charge in [-0.1, -0.05) is 29.8 Å². The molecule has 5 heteroatoms. The number of thiazole rings is 1. The van der Waals surface area contributed by atoms with Gasteiger partial charge in [0, 0.05) is 18.5 Å². The summed E-state index contributed by atoms with van der Waals surface area (Å²) in [6.07, 6.45) is 0. The predicted octanol–water partition coefficient (Wildman–Crippen LogP) is 3.13. The van der Waals surface area contributed by atoms with Crippen molar-refractivity contribution < 1.29 is 4.79 Å². The van der Waals surface area contributed by atoms with Gasteiger partial charge in [0.25, 0.3) is 5.91 Å². The van der Waals surface area contributed by atoms with Crippen LogP contribution in [0.15, 0.2) is 29.6 Å². The molecule has 1 atom stereocenters. The average Bonchev–Trinajstić information content (AvgIpc) is 2.94. The summed E-state index contributed by atoms with van der Waals surface area (Å²) in [5.74, 6) is -0.0397. The highest BCUT2D eigenvalue weighted by atomic mass is 32.1. The Labute approximate surface area is 129 Å².